The van der Waals surface area contributed by atoms with E-state index in [-0.39, 0.29) is 41.4 Å². The van der Waals surface area contributed by atoms with Crippen LogP contribution >= 0.6 is 11.8 Å². The van der Waals surface area contributed by atoms with Crippen molar-refractivity contribution >= 4 is 39.7 Å². The number of aliphatic hydroxyl groups is 1. The predicted octanol–water partition coefficient (Wildman–Crippen LogP) is -0.699. The number of carboxylic acids is 1. The number of nitrogens with zero attached hydrogens (tertiary/aromatic N) is 3. The van der Waals surface area contributed by atoms with Gasteiger partial charge in [-0.1, -0.05) is 6.92 Å². The Kier molecular flexibility index (Phi) is 5.97. The summed E-state index contributed by atoms with van der Waals surface area (Å²) in [6, 6.07) is -0.895. The number of carbonyl (C=O) groups excluding carboxylic acids is 2. The summed E-state index contributed by atoms with van der Waals surface area (Å²) in [5.74, 6) is -2.28. The van der Waals surface area contributed by atoms with Crippen LogP contribution in [0.15, 0.2) is 10.6 Å². The van der Waals surface area contributed by atoms with Crippen LogP contribution in [-0.2, 0) is 19.6 Å². The Morgan fingerprint density at radius 3 is 2.56 bits per heavy atom. The van der Waals surface area contributed by atoms with E-state index >= 15 is 0 Å². The quantitative estimate of drug-likeness (QED) is 0.396. The third-order valence-electron chi connectivity index (χ3n) is 6.68. The van der Waals surface area contributed by atoms with E-state index in [1.165, 1.54) is 21.6 Å². The summed E-state index contributed by atoms with van der Waals surface area (Å²) in [5.41, 5.74) is 0.0105. The molecule has 4 rings (SSSR count). The van der Waals surface area contributed by atoms with Gasteiger partial charge in [-0.3, -0.25) is 4.79 Å². The van der Waals surface area contributed by atoms with E-state index < -0.39 is 34.0 Å². The number of aliphatic hydroxyl groups excluding tert-OH is 1. The number of urea groups is 1. The number of aliphatic carboxylic acids is 1. The molecule has 3 saturated heterocycles. The van der Waals surface area contributed by atoms with Crippen molar-refractivity contribution in [3.8, 4) is 0 Å². The van der Waals surface area contributed by atoms with Gasteiger partial charge in [0.15, 0.2) is 0 Å². The molecule has 178 valence electrons. The van der Waals surface area contributed by atoms with Crippen LogP contribution in [0.3, 0.4) is 0 Å². The monoisotopic (exact) mass is 488 g/mol. The highest BCUT2D eigenvalue weighted by Gasteiger charge is 2.60. The van der Waals surface area contributed by atoms with Gasteiger partial charge in [0.25, 0.3) is 0 Å². The fourth-order valence-electron chi connectivity index (χ4n) is 5.17. The lowest BCUT2D eigenvalue weighted by Gasteiger charge is -2.46. The molecule has 0 aromatic rings. The first-order valence-corrected chi connectivity index (χ1v) is 13.3. The number of carbonyl (C=O) groups is 3. The molecule has 32 heavy (non-hydrogen) atoms. The highest BCUT2D eigenvalue weighted by Crippen LogP contribution is 2.51. The van der Waals surface area contributed by atoms with Crippen LogP contribution in [-0.4, -0.2) is 107 Å². The SMILES string of the molecule is C[C@@H](O)[C@H]1C(=O)N2C(C(=O)O)=C(S[C@@H]3CN[C@H](CN4CCN(S(C)(=O)=O)C4=O)C3)[C@H](C)[C@H]12. The fourth-order valence-corrected chi connectivity index (χ4v) is 7.50. The number of carboxylic acid groups (broad SMARTS) is 1. The van der Waals surface area contributed by atoms with E-state index in [0.717, 1.165) is 10.6 Å². The molecular weight excluding hydrogens is 460 g/mol. The van der Waals surface area contributed by atoms with E-state index in [0.29, 0.717) is 31.0 Å². The summed E-state index contributed by atoms with van der Waals surface area (Å²) in [6.45, 7) is 4.90. The number of hydrogen-bond donors (Lipinski definition) is 3. The second-order valence-electron chi connectivity index (χ2n) is 8.92. The van der Waals surface area contributed by atoms with Gasteiger partial charge in [-0.05, 0) is 13.3 Å². The van der Waals surface area contributed by atoms with Gasteiger partial charge in [0, 0.05) is 41.7 Å². The molecule has 0 aromatic carbocycles. The predicted molar refractivity (Wildman–Crippen MR) is 116 cm³/mol. The first-order valence-electron chi connectivity index (χ1n) is 10.6. The Bertz CT molecular complexity index is 982. The Morgan fingerprint density at radius 1 is 1.31 bits per heavy atom. The van der Waals surface area contributed by atoms with Gasteiger partial charge < -0.3 is 25.3 Å². The largest absolute Gasteiger partial charge is 0.477 e. The molecule has 4 aliphatic heterocycles. The van der Waals surface area contributed by atoms with Crippen LogP contribution in [0.25, 0.3) is 0 Å². The maximum Gasteiger partial charge on any atom is 0.353 e. The van der Waals surface area contributed by atoms with E-state index in [9.17, 15) is 33.0 Å². The fraction of sp³-hybridized carbons (Fsp3) is 0.737. The highest BCUT2D eigenvalue weighted by atomic mass is 32.2. The van der Waals surface area contributed by atoms with E-state index in [2.05, 4.69) is 5.32 Å². The second-order valence-corrected chi connectivity index (χ2v) is 12.2. The molecule has 4 heterocycles. The average molecular weight is 489 g/mol. The number of sulfonamides is 1. The summed E-state index contributed by atoms with van der Waals surface area (Å²) in [5, 5.41) is 23.1. The number of rotatable bonds is 7. The molecule has 0 unspecified atom stereocenters. The van der Waals surface area contributed by atoms with Crippen LogP contribution in [0, 0.1) is 11.8 Å². The summed E-state index contributed by atoms with van der Waals surface area (Å²) in [7, 11) is -3.58. The lowest BCUT2D eigenvalue weighted by Crippen LogP contribution is -2.63. The van der Waals surface area contributed by atoms with Crippen molar-refractivity contribution in [2.75, 3.05) is 32.4 Å². The van der Waals surface area contributed by atoms with Crippen LogP contribution < -0.4 is 5.32 Å². The van der Waals surface area contributed by atoms with Gasteiger partial charge in [0.1, 0.15) is 5.70 Å². The number of hydrogen-bond acceptors (Lipinski definition) is 8. The van der Waals surface area contributed by atoms with Gasteiger partial charge in [-0.15, -0.1) is 11.8 Å². The zero-order valence-electron chi connectivity index (χ0n) is 18.1. The van der Waals surface area contributed by atoms with Crippen LogP contribution in [0.5, 0.6) is 0 Å². The molecular formula is C19H28N4O7S2. The summed E-state index contributed by atoms with van der Waals surface area (Å²) >= 11 is 1.44. The van der Waals surface area contributed by atoms with Crippen molar-refractivity contribution in [2.24, 2.45) is 11.8 Å². The Balaban J connectivity index is 1.41. The Labute approximate surface area is 190 Å². The smallest absolute Gasteiger partial charge is 0.353 e. The molecule has 0 radical (unpaired) electrons. The minimum absolute atomic E-state index is 0.0105. The molecule has 6 atom stereocenters. The molecule has 3 amide bonds. The first-order chi connectivity index (χ1) is 14.9. The second kappa shape index (κ2) is 8.19. The average Bonchev–Trinajstić information content (AvgIpc) is 3.33. The van der Waals surface area contributed by atoms with E-state index in [4.69, 9.17) is 0 Å². The minimum Gasteiger partial charge on any atom is -0.477 e. The Hall–Kier alpha value is -1.83. The van der Waals surface area contributed by atoms with Crippen LogP contribution in [0.4, 0.5) is 4.79 Å². The van der Waals surface area contributed by atoms with Crippen molar-refractivity contribution in [3.05, 3.63) is 10.6 Å². The zero-order valence-corrected chi connectivity index (χ0v) is 19.7. The molecule has 4 aliphatic rings. The normalized spacial score (nSPS) is 33.8. The molecule has 0 saturated carbocycles. The van der Waals surface area contributed by atoms with Crippen molar-refractivity contribution < 1.29 is 33.0 Å². The molecule has 0 bridgehead atoms. The first kappa shape index (κ1) is 23.3. The van der Waals surface area contributed by atoms with Crippen LogP contribution in [0.2, 0.25) is 0 Å². The van der Waals surface area contributed by atoms with Crippen LogP contribution in [0.1, 0.15) is 20.3 Å². The molecule has 3 fully saturated rings. The molecule has 13 heteroatoms. The van der Waals surface area contributed by atoms with Gasteiger partial charge in [-0.25, -0.2) is 22.3 Å². The molecule has 3 N–H and O–H groups in total. The molecule has 0 aromatic heterocycles. The number of amides is 3. The highest BCUT2D eigenvalue weighted by molar-refractivity contribution is 8.03. The third kappa shape index (κ3) is 3.78. The maximum absolute atomic E-state index is 12.5. The van der Waals surface area contributed by atoms with Crippen molar-refractivity contribution in [3.63, 3.8) is 0 Å². The van der Waals surface area contributed by atoms with Gasteiger partial charge in [0.2, 0.25) is 15.9 Å². The van der Waals surface area contributed by atoms with E-state index in [1.54, 1.807) is 6.92 Å². The van der Waals surface area contributed by atoms with Crippen molar-refractivity contribution in [1.82, 2.24) is 19.4 Å². The van der Waals surface area contributed by atoms with Crippen molar-refractivity contribution in [2.45, 2.75) is 43.7 Å². The summed E-state index contributed by atoms with van der Waals surface area (Å²) in [6.07, 6.45) is 0.851. The summed E-state index contributed by atoms with van der Waals surface area (Å²) < 4.78 is 24.3. The number of nitrogens with one attached hydrogen (secondary N) is 1. The Morgan fingerprint density at radius 2 is 2.00 bits per heavy atom. The van der Waals surface area contributed by atoms with Gasteiger partial charge in [-0.2, -0.15) is 0 Å². The number of fused-ring (bicyclic) bond motifs is 1. The molecule has 0 aliphatic carbocycles. The standard InChI is InChI=1S/C19H28N4O7S2/c1-9-14-13(10(2)24)17(25)23(14)15(18(26)27)16(9)31-12-6-11(20-7-12)8-21-4-5-22(19(21)28)32(3,29)30/h9-14,20,24H,4-8H2,1-3H3,(H,26,27)/t9-,10-,11+,12+,13-,14-/m1/s1. The zero-order chi connectivity index (χ0) is 23.5. The molecule has 0 spiro atoms. The topological polar surface area (TPSA) is 148 Å². The van der Waals surface area contributed by atoms with Crippen molar-refractivity contribution in [1.29, 1.82) is 0 Å². The number of β-lactam (4-membered cyclic amide) rings is 1. The lowest BCUT2D eigenvalue weighted by atomic mass is 9.79. The number of thioether (sulfide) groups is 1. The summed E-state index contributed by atoms with van der Waals surface area (Å²) in [4.78, 5) is 40.3. The maximum atomic E-state index is 12.5. The minimum atomic E-state index is -3.58. The molecule has 11 nitrogen and oxygen atoms in total. The van der Waals surface area contributed by atoms with Gasteiger partial charge >= 0.3 is 12.0 Å². The van der Waals surface area contributed by atoms with Gasteiger partial charge in [0.05, 0.1) is 30.9 Å². The third-order valence-corrected chi connectivity index (χ3v) is 9.34. The van der Waals surface area contributed by atoms with E-state index in [1.807, 2.05) is 6.92 Å². The lowest BCUT2D eigenvalue weighted by molar-refractivity contribution is -0.163.